The van der Waals surface area contributed by atoms with Gasteiger partial charge in [-0.05, 0) is 46.0 Å². The Balaban J connectivity index is 1.68. The first-order valence-corrected chi connectivity index (χ1v) is 11.4. The lowest BCUT2D eigenvalue weighted by Gasteiger charge is -2.37. The fourth-order valence-electron chi connectivity index (χ4n) is 3.94. The van der Waals surface area contributed by atoms with Gasteiger partial charge < -0.3 is 21.3 Å². The third-order valence-electron chi connectivity index (χ3n) is 6.23. The van der Waals surface area contributed by atoms with E-state index in [4.69, 9.17) is 10.7 Å². The minimum Gasteiger partial charge on any atom is -0.385 e. The number of nitrogens with zero attached hydrogens (tertiary/aromatic N) is 4. The lowest BCUT2D eigenvalue weighted by molar-refractivity contribution is -0.128. The second-order valence-electron chi connectivity index (χ2n) is 8.96. The number of fused-ring (bicyclic) bond motifs is 1. The van der Waals surface area contributed by atoms with Gasteiger partial charge in [-0.25, -0.2) is 4.99 Å². The van der Waals surface area contributed by atoms with Gasteiger partial charge in [0, 0.05) is 63.3 Å². The van der Waals surface area contributed by atoms with Gasteiger partial charge in [0.25, 0.3) is 0 Å². The number of rotatable bonds is 8. The molecule has 8 heteroatoms. The van der Waals surface area contributed by atoms with Gasteiger partial charge in [-0.15, -0.1) is 0 Å². The highest BCUT2D eigenvalue weighted by Gasteiger charge is 2.31. The van der Waals surface area contributed by atoms with E-state index in [1.807, 2.05) is 13.8 Å². The van der Waals surface area contributed by atoms with Gasteiger partial charge in [-0.1, -0.05) is 12.1 Å². The number of nitrogens with one attached hydrogen (secondary N) is 2. The van der Waals surface area contributed by atoms with Gasteiger partial charge in [0.1, 0.15) is 11.9 Å². The van der Waals surface area contributed by atoms with E-state index in [9.17, 15) is 4.79 Å². The quantitative estimate of drug-likeness (QED) is 0.566. The molecule has 0 radical (unpaired) electrons. The van der Waals surface area contributed by atoms with Gasteiger partial charge in [-0.2, -0.15) is 0 Å². The third kappa shape index (κ3) is 5.19. The van der Waals surface area contributed by atoms with E-state index in [-0.39, 0.29) is 11.9 Å². The van der Waals surface area contributed by atoms with Crippen molar-refractivity contribution < 1.29 is 4.79 Å². The summed E-state index contributed by atoms with van der Waals surface area (Å²) in [5.41, 5.74) is 9.40. The first kappa shape index (κ1) is 23.9. The van der Waals surface area contributed by atoms with Crippen molar-refractivity contribution in [1.29, 1.82) is 0 Å². The first-order chi connectivity index (χ1) is 15.3. The van der Waals surface area contributed by atoms with Crippen LogP contribution in [0.1, 0.15) is 26.3 Å². The Bertz CT molecular complexity index is 901. The number of dihydropyridines is 1. The van der Waals surface area contributed by atoms with Crippen LogP contribution in [0.4, 0.5) is 5.69 Å². The van der Waals surface area contributed by atoms with E-state index in [0.717, 1.165) is 54.7 Å². The Morgan fingerprint density at radius 1 is 1.38 bits per heavy atom. The first-order valence-electron chi connectivity index (χ1n) is 11.4. The molecule has 4 N–H and O–H groups in total. The van der Waals surface area contributed by atoms with Crippen molar-refractivity contribution in [3.8, 4) is 0 Å². The minimum atomic E-state index is -0.546. The molecule has 1 atom stereocenters. The summed E-state index contributed by atoms with van der Waals surface area (Å²) in [6.07, 6.45) is 2.14. The predicted octanol–water partition coefficient (Wildman–Crippen LogP) is 1.23. The molecule has 1 unspecified atom stereocenters. The van der Waals surface area contributed by atoms with Crippen LogP contribution in [0.25, 0.3) is 0 Å². The average Bonchev–Trinajstić information content (AvgIpc) is 2.81. The van der Waals surface area contributed by atoms with E-state index in [2.05, 4.69) is 69.7 Å². The van der Waals surface area contributed by atoms with Gasteiger partial charge in [-0.3, -0.25) is 14.7 Å². The van der Waals surface area contributed by atoms with Crippen molar-refractivity contribution in [1.82, 2.24) is 15.5 Å². The number of anilines is 1. The number of carbonyl (C=O) groups is 1. The summed E-state index contributed by atoms with van der Waals surface area (Å²) in [6, 6.07) is 8.53. The Hall–Kier alpha value is -2.71. The van der Waals surface area contributed by atoms with Crippen molar-refractivity contribution >= 4 is 23.1 Å². The Kier molecular flexibility index (Phi) is 7.69. The second kappa shape index (κ2) is 10.3. The third-order valence-corrected chi connectivity index (χ3v) is 6.23. The van der Waals surface area contributed by atoms with E-state index < -0.39 is 5.41 Å². The maximum absolute atomic E-state index is 12.2. The van der Waals surface area contributed by atoms with Crippen LogP contribution in [0, 0.1) is 5.41 Å². The van der Waals surface area contributed by atoms with Crippen molar-refractivity contribution in [2.24, 2.45) is 21.1 Å². The summed E-state index contributed by atoms with van der Waals surface area (Å²) in [5, 5.41) is 6.51. The molecule has 8 nitrogen and oxygen atoms in total. The molecule has 2 aliphatic rings. The van der Waals surface area contributed by atoms with E-state index in [1.54, 1.807) is 7.05 Å². The SMILES string of the molecule is CCN(CCNC(=O)C(C)(C)CN)c1ccc(C2=NC(=NC)C3C(=C2)NCCN3C)cc1. The highest BCUT2D eigenvalue weighted by molar-refractivity contribution is 6.18. The molecule has 1 amide bonds. The highest BCUT2D eigenvalue weighted by atomic mass is 16.2. The van der Waals surface area contributed by atoms with Crippen molar-refractivity contribution in [3.05, 3.63) is 41.6 Å². The smallest absolute Gasteiger partial charge is 0.226 e. The van der Waals surface area contributed by atoms with Gasteiger partial charge in [0.05, 0.1) is 11.1 Å². The van der Waals surface area contributed by atoms with Crippen LogP contribution in [-0.2, 0) is 4.79 Å². The summed E-state index contributed by atoms with van der Waals surface area (Å²) in [4.78, 5) is 26.1. The predicted molar refractivity (Wildman–Crippen MR) is 133 cm³/mol. The number of hydrogen-bond donors (Lipinski definition) is 3. The zero-order valence-corrected chi connectivity index (χ0v) is 20.0. The number of likely N-dealkylation sites (N-methyl/N-ethyl adjacent to an activating group) is 2. The van der Waals surface area contributed by atoms with Crippen LogP contribution in [0.15, 0.2) is 46.0 Å². The van der Waals surface area contributed by atoms with Crippen LogP contribution in [0.3, 0.4) is 0 Å². The summed E-state index contributed by atoms with van der Waals surface area (Å²) >= 11 is 0. The zero-order valence-electron chi connectivity index (χ0n) is 20.0. The largest absolute Gasteiger partial charge is 0.385 e. The number of aliphatic imine (C=N–C) groups is 2. The normalized spacial score (nSPS) is 20.2. The van der Waals surface area contributed by atoms with Gasteiger partial charge >= 0.3 is 0 Å². The summed E-state index contributed by atoms with van der Waals surface area (Å²) in [6.45, 7) is 10.2. The fourth-order valence-corrected chi connectivity index (χ4v) is 3.94. The molecule has 0 aromatic heterocycles. The summed E-state index contributed by atoms with van der Waals surface area (Å²) < 4.78 is 0. The molecule has 2 aliphatic heterocycles. The molecule has 174 valence electrons. The molecule has 0 spiro atoms. The van der Waals surface area contributed by atoms with Crippen LogP contribution in [-0.4, -0.2) is 81.8 Å². The van der Waals surface area contributed by atoms with Gasteiger partial charge in [0.2, 0.25) is 5.91 Å². The molecule has 0 aliphatic carbocycles. The molecular weight excluding hydrogens is 402 g/mol. The van der Waals surface area contributed by atoms with Crippen LogP contribution < -0.4 is 21.3 Å². The van der Waals surface area contributed by atoms with Crippen LogP contribution >= 0.6 is 0 Å². The molecule has 1 aromatic rings. The minimum absolute atomic E-state index is 0.0107. The number of carbonyl (C=O) groups excluding carboxylic acids is 1. The lowest BCUT2D eigenvalue weighted by atomic mass is 9.93. The number of benzene rings is 1. The fraction of sp³-hybridized carbons (Fsp3) is 0.542. The molecule has 0 bridgehead atoms. The number of amides is 1. The van der Waals surface area contributed by atoms with Crippen LogP contribution in [0.5, 0.6) is 0 Å². The van der Waals surface area contributed by atoms with E-state index >= 15 is 0 Å². The molecule has 2 heterocycles. The molecule has 3 rings (SSSR count). The number of amidine groups is 1. The highest BCUT2D eigenvalue weighted by Crippen LogP contribution is 2.22. The molecule has 1 fully saturated rings. The number of hydrogen-bond acceptors (Lipinski definition) is 6. The number of nitrogens with two attached hydrogens (primary N) is 1. The molecule has 1 aromatic carbocycles. The number of piperazine rings is 1. The molecule has 0 saturated carbocycles. The van der Waals surface area contributed by atoms with Crippen molar-refractivity contribution in [3.63, 3.8) is 0 Å². The molecule has 32 heavy (non-hydrogen) atoms. The number of allylic oxidation sites excluding steroid dienone is 1. The standard InChI is InChI=1S/C24H37N7O/c1-6-31(14-12-28-23(32)24(2,3)16-25)18-9-7-17(8-10-18)19-15-20-21(22(26-4)29-19)30(5)13-11-27-20/h7-10,15,21,27H,6,11-14,16,25H2,1-5H3,(H,28,32). The summed E-state index contributed by atoms with van der Waals surface area (Å²) in [5.74, 6) is 0.825. The Morgan fingerprint density at radius 2 is 2.09 bits per heavy atom. The summed E-state index contributed by atoms with van der Waals surface area (Å²) in [7, 11) is 3.91. The topological polar surface area (TPSA) is 98.3 Å². The maximum atomic E-state index is 12.2. The van der Waals surface area contributed by atoms with Crippen molar-refractivity contribution in [2.45, 2.75) is 26.8 Å². The molecular formula is C24H37N7O. The Labute approximate surface area is 191 Å². The Morgan fingerprint density at radius 3 is 2.72 bits per heavy atom. The van der Waals surface area contributed by atoms with Gasteiger partial charge in [0.15, 0.2) is 0 Å². The maximum Gasteiger partial charge on any atom is 0.226 e. The monoisotopic (exact) mass is 439 g/mol. The van der Waals surface area contributed by atoms with Crippen LogP contribution in [0.2, 0.25) is 0 Å². The lowest BCUT2D eigenvalue weighted by Crippen LogP contribution is -2.52. The average molecular weight is 440 g/mol. The second-order valence-corrected chi connectivity index (χ2v) is 8.96. The molecule has 1 saturated heterocycles. The zero-order chi connectivity index (χ0) is 23.3. The van der Waals surface area contributed by atoms with E-state index in [0.29, 0.717) is 13.1 Å². The van der Waals surface area contributed by atoms with E-state index in [1.165, 1.54) is 0 Å². The van der Waals surface area contributed by atoms with Crippen molar-refractivity contribution in [2.75, 3.05) is 58.3 Å².